The maximum atomic E-state index is 13.3. The Morgan fingerprint density at radius 2 is 1.36 bits per heavy atom. The van der Waals surface area contributed by atoms with Crippen molar-refractivity contribution in [2.45, 2.75) is 12.2 Å². The second kappa shape index (κ2) is 5.72. The first-order chi connectivity index (χ1) is 10.5. The SMILES string of the molecule is FC(F)(F)[C@@H](Nc1ccc2ccccc2c1)c1ccccc1. The van der Waals surface area contributed by atoms with E-state index >= 15 is 0 Å². The van der Waals surface area contributed by atoms with Gasteiger partial charge in [0, 0.05) is 5.69 Å². The molecular weight excluding hydrogens is 287 g/mol. The first-order valence-corrected chi connectivity index (χ1v) is 6.91. The highest BCUT2D eigenvalue weighted by Gasteiger charge is 2.40. The third-order valence-electron chi connectivity index (χ3n) is 3.52. The summed E-state index contributed by atoms with van der Waals surface area (Å²) in [6, 6.07) is 18.9. The predicted octanol–water partition coefficient (Wildman–Crippen LogP) is 5.56. The highest BCUT2D eigenvalue weighted by molar-refractivity contribution is 5.85. The summed E-state index contributed by atoms with van der Waals surface area (Å²) in [6.45, 7) is 0. The standard InChI is InChI=1S/C18H14F3N/c19-18(20,21)17(14-7-2-1-3-8-14)22-16-11-10-13-6-4-5-9-15(13)12-16/h1-12,17,22H/t17-/m0/s1. The Kier molecular flexibility index (Phi) is 3.75. The van der Waals surface area contributed by atoms with Gasteiger partial charge < -0.3 is 5.32 Å². The van der Waals surface area contributed by atoms with Crippen LogP contribution in [0.1, 0.15) is 11.6 Å². The molecule has 1 atom stereocenters. The van der Waals surface area contributed by atoms with Crippen molar-refractivity contribution in [3.05, 3.63) is 78.4 Å². The molecule has 0 amide bonds. The smallest absolute Gasteiger partial charge is 0.370 e. The van der Waals surface area contributed by atoms with Crippen LogP contribution in [-0.4, -0.2) is 6.18 Å². The van der Waals surface area contributed by atoms with Crippen molar-refractivity contribution in [2.75, 3.05) is 5.32 Å². The summed E-state index contributed by atoms with van der Waals surface area (Å²) in [5, 5.41) is 4.50. The fourth-order valence-corrected chi connectivity index (χ4v) is 2.45. The molecule has 3 aromatic carbocycles. The van der Waals surface area contributed by atoms with E-state index in [-0.39, 0.29) is 5.56 Å². The van der Waals surface area contributed by atoms with Crippen LogP contribution >= 0.6 is 0 Å². The van der Waals surface area contributed by atoms with Crippen LogP contribution in [0.5, 0.6) is 0 Å². The van der Waals surface area contributed by atoms with Gasteiger partial charge >= 0.3 is 6.18 Å². The lowest BCUT2D eigenvalue weighted by Crippen LogP contribution is -2.27. The lowest BCUT2D eigenvalue weighted by molar-refractivity contribution is -0.144. The van der Waals surface area contributed by atoms with Crippen LogP contribution in [0.25, 0.3) is 10.8 Å². The van der Waals surface area contributed by atoms with Crippen LogP contribution in [0.3, 0.4) is 0 Å². The van der Waals surface area contributed by atoms with Gasteiger partial charge in [0.2, 0.25) is 0 Å². The molecule has 0 saturated carbocycles. The van der Waals surface area contributed by atoms with Gasteiger partial charge in [0.25, 0.3) is 0 Å². The molecule has 112 valence electrons. The van der Waals surface area contributed by atoms with E-state index in [1.807, 2.05) is 30.3 Å². The third kappa shape index (κ3) is 3.06. The molecule has 22 heavy (non-hydrogen) atoms. The van der Waals surface area contributed by atoms with Gasteiger partial charge in [-0.1, -0.05) is 60.7 Å². The minimum absolute atomic E-state index is 0.197. The zero-order valence-electron chi connectivity index (χ0n) is 11.6. The normalized spacial score (nSPS) is 13.0. The Balaban J connectivity index is 1.95. The fourth-order valence-electron chi connectivity index (χ4n) is 2.45. The van der Waals surface area contributed by atoms with Crippen molar-refractivity contribution in [1.29, 1.82) is 0 Å². The molecular formula is C18H14F3N. The first-order valence-electron chi connectivity index (χ1n) is 6.91. The number of benzene rings is 3. The Morgan fingerprint density at radius 3 is 2.05 bits per heavy atom. The van der Waals surface area contributed by atoms with E-state index in [4.69, 9.17) is 0 Å². The van der Waals surface area contributed by atoms with Crippen molar-refractivity contribution >= 4 is 16.5 Å². The van der Waals surface area contributed by atoms with Crippen molar-refractivity contribution in [1.82, 2.24) is 0 Å². The average molecular weight is 301 g/mol. The van der Waals surface area contributed by atoms with E-state index in [0.29, 0.717) is 5.69 Å². The summed E-state index contributed by atoms with van der Waals surface area (Å²) in [5.41, 5.74) is 0.646. The highest BCUT2D eigenvalue weighted by Crippen LogP contribution is 2.36. The Bertz CT molecular complexity index is 766. The molecule has 0 saturated heterocycles. The summed E-state index contributed by atoms with van der Waals surface area (Å²) >= 11 is 0. The fraction of sp³-hybridized carbons (Fsp3) is 0.111. The van der Waals surface area contributed by atoms with E-state index in [2.05, 4.69) is 5.32 Å². The van der Waals surface area contributed by atoms with E-state index in [9.17, 15) is 13.2 Å². The number of anilines is 1. The molecule has 3 rings (SSSR count). The van der Waals surface area contributed by atoms with E-state index in [1.54, 1.807) is 30.3 Å². The molecule has 0 aliphatic carbocycles. The monoisotopic (exact) mass is 301 g/mol. The lowest BCUT2D eigenvalue weighted by atomic mass is 10.1. The van der Waals surface area contributed by atoms with Crippen LogP contribution < -0.4 is 5.32 Å². The molecule has 0 radical (unpaired) electrons. The number of alkyl halides is 3. The topological polar surface area (TPSA) is 12.0 Å². The van der Waals surface area contributed by atoms with Gasteiger partial charge in [-0.25, -0.2) is 0 Å². The van der Waals surface area contributed by atoms with Gasteiger partial charge in [-0.2, -0.15) is 13.2 Å². The molecule has 1 nitrogen and oxygen atoms in total. The van der Waals surface area contributed by atoms with E-state index in [0.717, 1.165) is 10.8 Å². The molecule has 0 aromatic heterocycles. The van der Waals surface area contributed by atoms with Gasteiger partial charge in [0.15, 0.2) is 0 Å². The van der Waals surface area contributed by atoms with Crippen LogP contribution in [0.2, 0.25) is 0 Å². The zero-order chi connectivity index (χ0) is 15.6. The zero-order valence-corrected chi connectivity index (χ0v) is 11.6. The van der Waals surface area contributed by atoms with Gasteiger partial charge in [-0.3, -0.25) is 0 Å². The number of nitrogens with one attached hydrogen (secondary N) is 1. The highest BCUT2D eigenvalue weighted by atomic mass is 19.4. The Morgan fingerprint density at radius 1 is 0.727 bits per heavy atom. The maximum Gasteiger partial charge on any atom is 0.412 e. The minimum Gasteiger partial charge on any atom is -0.370 e. The van der Waals surface area contributed by atoms with Gasteiger partial charge in [0.1, 0.15) is 6.04 Å². The van der Waals surface area contributed by atoms with E-state index < -0.39 is 12.2 Å². The summed E-state index contributed by atoms with van der Waals surface area (Å²) in [5.74, 6) is 0. The molecule has 0 heterocycles. The molecule has 0 bridgehead atoms. The molecule has 0 aliphatic heterocycles. The predicted molar refractivity (Wildman–Crippen MR) is 82.8 cm³/mol. The third-order valence-corrected chi connectivity index (χ3v) is 3.52. The molecule has 1 N–H and O–H groups in total. The summed E-state index contributed by atoms with van der Waals surface area (Å²) in [7, 11) is 0. The second-order valence-corrected chi connectivity index (χ2v) is 5.09. The number of hydrogen-bond donors (Lipinski definition) is 1. The maximum absolute atomic E-state index is 13.3. The lowest BCUT2D eigenvalue weighted by Gasteiger charge is -2.23. The van der Waals surface area contributed by atoms with E-state index in [1.165, 1.54) is 12.1 Å². The van der Waals surface area contributed by atoms with Gasteiger partial charge in [0.05, 0.1) is 0 Å². The number of rotatable bonds is 3. The minimum atomic E-state index is -4.37. The summed E-state index contributed by atoms with van der Waals surface area (Å²) in [6.07, 6.45) is -4.37. The van der Waals surface area contributed by atoms with Crippen LogP contribution in [-0.2, 0) is 0 Å². The molecule has 3 aromatic rings. The number of fused-ring (bicyclic) bond motifs is 1. The van der Waals surface area contributed by atoms with Crippen LogP contribution in [0.4, 0.5) is 18.9 Å². The Labute approximate surface area is 126 Å². The largest absolute Gasteiger partial charge is 0.412 e. The van der Waals surface area contributed by atoms with Gasteiger partial charge in [-0.15, -0.1) is 0 Å². The number of halogens is 3. The molecule has 4 heteroatoms. The first kappa shape index (κ1) is 14.4. The molecule has 0 unspecified atom stereocenters. The quantitative estimate of drug-likeness (QED) is 0.668. The van der Waals surface area contributed by atoms with Crippen molar-refractivity contribution < 1.29 is 13.2 Å². The van der Waals surface area contributed by atoms with Crippen molar-refractivity contribution in [2.24, 2.45) is 0 Å². The van der Waals surface area contributed by atoms with Crippen LogP contribution in [0, 0.1) is 0 Å². The van der Waals surface area contributed by atoms with Gasteiger partial charge in [-0.05, 0) is 28.5 Å². The summed E-state index contributed by atoms with van der Waals surface area (Å²) < 4.78 is 40.0. The van der Waals surface area contributed by atoms with Crippen molar-refractivity contribution in [3.8, 4) is 0 Å². The molecule has 0 spiro atoms. The molecule has 0 aliphatic rings. The molecule has 0 fully saturated rings. The average Bonchev–Trinajstić information content (AvgIpc) is 2.52. The summed E-state index contributed by atoms with van der Waals surface area (Å²) in [4.78, 5) is 0. The van der Waals surface area contributed by atoms with Crippen molar-refractivity contribution in [3.63, 3.8) is 0 Å². The number of hydrogen-bond acceptors (Lipinski definition) is 1. The van der Waals surface area contributed by atoms with Crippen LogP contribution in [0.15, 0.2) is 72.8 Å². The second-order valence-electron chi connectivity index (χ2n) is 5.09. The Hall–Kier alpha value is -2.49.